The van der Waals surface area contributed by atoms with Gasteiger partial charge in [-0.3, -0.25) is 4.79 Å². The molecule has 2 aromatic carbocycles. The first-order valence-corrected chi connectivity index (χ1v) is 7.33. The van der Waals surface area contributed by atoms with E-state index in [-0.39, 0.29) is 11.8 Å². The molecule has 0 spiro atoms. The van der Waals surface area contributed by atoms with E-state index in [1.54, 1.807) is 14.2 Å². The van der Waals surface area contributed by atoms with Gasteiger partial charge in [0.1, 0.15) is 11.5 Å². The first-order valence-electron chi connectivity index (χ1n) is 7.33. The van der Waals surface area contributed by atoms with Crippen molar-refractivity contribution in [3.63, 3.8) is 0 Å². The lowest BCUT2D eigenvalue weighted by Gasteiger charge is -2.18. The summed E-state index contributed by atoms with van der Waals surface area (Å²) in [5.74, 6) is 1.81. The number of ether oxygens (including phenoxy) is 2. The highest BCUT2D eigenvalue weighted by molar-refractivity contribution is 5.93. The molecule has 1 heterocycles. The topological polar surface area (TPSA) is 47.6 Å². The van der Waals surface area contributed by atoms with Gasteiger partial charge < -0.3 is 14.8 Å². The fourth-order valence-corrected chi connectivity index (χ4v) is 2.90. The van der Waals surface area contributed by atoms with Gasteiger partial charge in [0.05, 0.1) is 14.2 Å². The molecule has 1 unspecified atom stereocenters. The second-order valence-corrected chi connectivity index (χ2v) is 5.37. The third-order valence-electron chi connectivity index (χ3n) is 4.09. The zero-order valence-corrected chi connectivity index (χ0v) is 12.8. The third kappa shape index (κ3) is 2.77. The Morgan fingerprint density at radius 1 is 1.00 bits per heavy atom. The Labute approximate surface area is 130 Å². The summed E-state index contributed by atoms with van der Waals surface area (Å²) in [5.41, 5.74) is 3.14. The molecule has 0 aliphatic carbocycles. The molecule has 114 valence electrons. The first-order chi connectivity index (χ1) is 10.7. The fraction of sp³-hybridized carbons (Fsp3) is 0.278. The number of carbonyl (C=O) groups excluding carboxylic acids is 1. The fourth-order valence-electron chi connectivity index (χ4n) is 2.90. The average Bonchev–Trinajstić information content (AvgIpc) is 2.72. The maximum atomic E-state index is 12.0. The number of benzene rings is 2. The zero-order valence-electron chi connectivity index (χ0n) is 12.8. The Kier molecular flexibility index (Phi) is 4.00. The van der Waals surface area contributed by atoms with Crippen molar-refractivity contribution >= 4 is 11.6 Å². The number of nitrogens with one attached hydrogen (secondary N) is 1. The highest BCUT2D eigenvalue weighted by atomic mass is 16.5. The van der Waals surface area contributed by atoms with Crippen molar-refractivity contribution in [2.45, 2.75) is 18.8 Å². The summed E-state index contributed by atoms with van der Waals surface area (Å²) in [4.78, 5) is 12.0. The van der Waals surface area contributed by atoms with Crippen molar-refractivity contribution < 1.29 is 14.3 Å². The van der Waals surface area contributed by atoms with Crippen LogP contribution in [0.2, 0.25) is 0 Å². The molecule has 1 aliphatic rings. The lowest BCUT2D eigenvalue weighted by Crippen LogP contribution is -2.09. The quantitative estimate of drug-likeness (QED) is 0.942. The van der Waals surface area contributed by atoms with E-state index in [0.717, 1.165) is 29.2 Å². The second kappa shape index (κ2) is 6.10. The van der Waals surface area contributed by atoms with Crippen molar-refractivity contribution in [1.82, 2.24) is 0 Å². The van der Waals surface area contributed by atoms with Crippen LogP contribution in [0.1, 0.15) is 29.9 Å². The second-order valence-electron chi connectivity index (χ2n) is 5.37. The van der Waals surface area contributed by atoms with Crippen molar-refractivity contribution in [1.29, 1.82) is 0 Å². The van der Waals surface area contributed by atoms with E-state index >= 15 is 0 Å². The molecule has 0 fully saturated rings. The van der Waals surface area contributed by atoms with Gasteiger partial charge in [-0.1, -0.05) is 18.2 Å². The number of fused-ring (bicyclic) bond motifs is 1. The van der Waals surface area contributed by atoms with Crippen LogP contribution in [0.15, 0.2) is 42.5 Å². The number of carbonyl (C=O) groups is 1. The Bertz CT molecular complexity index is 679. The molecule has 1 aliphatic heterocycles. The van der Waals surface area contributed by atoms with Crippen molar-refractivity contribution in [2.24, 2.45) is 0 Å². The predicted octanol–water partition coefficient (Wildman–Crippen LogP) is 3.57. The minimum atomic E-state index is 0.0468. The maximum Gasteiger partial charge on any atom is 0.224 e. The zero-order chi connectivity index (χ0) is 15.5. The van der Waals surface area contributed by atoms with E-state index in [0.29, 0.717) is 6.42 Å². The summed E-state index contributed by atoms with van der Waals surface area (Å²) >= 11 is 0. The van der Waals surface area contributed by atoms with Crippen LogP contribution in [0.3, 0.4) is 0 Å². The Morgan fingerprint density at radius 2 is 1.68 bits per heavy atom. The molecule has 1 amide bonds. The summed E-state index contributed by atoms with van der Waals surface area (Å²) in [5, 5.41) is 2.98. The van der Waals surface area contributed by atoms with E-state index in [4.69, 9.17) is 9.47 Å². The van der Waals surface area contributed by atoms with Gasteiger partial charge in [-0.2, -0.15) is 0 Å². The van der Waals surface area contributed by atoms with Gasteiger partial charge in [-0.25, -0.2) is 0 Å². The van der Waals surface area contributed by atoms with Crippen LogP contribution < -0.4 is 14.8 Å². The summed E-state index contributed by atoms with van der Waals surface area (Å²) < 4.78 is 10.5. The van der Waals surface area contributed by atoms with E-state index in [2.05, 4.69) is 17.4 Å². The van der Waals surface area contributed by atoms with E-state index < -0.39 is 0 Å². The van der Waals surface area contributed by atoms with Crippen LogP contribution in [0.5, 0.6) is 11.5 Å². The molecule has 0 radical (unpaired) electrons. The number of methoxy groups -OCH3 is 2. The van der Waals surface area contributed by atoms with Gasteiger partial charge in [0.2, 0.25) is 5.91 Å². The SMILES string of the molecule is COc1ccc(C2CCC(=O)Nc3cc(OC)ccc32)cc1. The molecule has 3 rings (SSSR count). The largest absolute Gasteiger partial charge is 0.497 e. The molecule has 1 N–H and O–H groups in total. The highest BCUT2D eigenvalue weighted by Crippen LogP contribution is 2.38. The number of rotatable bonds is 3. The predicted molar refractivity (Wildman–Crippen MR) is 85.7 cm³/mol. The molecule has 22 heavy (non-hydrogen) atoms. The molecule has 0 aromatic heterocycles. The van der Waals surface area contributed by atoms with Crippen LogP contribution in [0.4, 0.5) is 5.69 Å². The molecule has 0 bridgehead atoms. The van der Waals surface area contributed by atoms with Crippen molar-refractivity contribution in [3.05, 3.63) is 53.6 Å². The molecule has 1 atom stereocenters. The monoisotopic (exact) mass is 297 g/mol. The molecular weight excluding hydrogens is 278 g/mol. The standard InChI is InChI=1S/C18H19NO3/c1-21-13-5-3-12(4-6-13)15-9-10-18(20)19-17-11-14(22-2)7-8-16(15)17/h3-8,11,15H,9-10H2,1-2H3,(H,19,20). The van der Waals surface area contributed by atoms with E-state index in [9.17, 15) is 4.79 Å². The lowest BCUT2D eigenvalue weighted by atomic mass is 9.87. The molecule has 0 saturated heterocycles. The Balaban J connectivity index is 2.02. The van der Waals surface area contributed by atoms with Crippen LogP contribution in [0, 0.1) is 0 Å². The smallest absolute Gasteiger partial charge is 0.224 e. The Hall–Kier alpha value is -2.49. The van der Waals surface area contributed by atoms with Crippen LogP contribution in [-0.4, -0.2) is 20.1 Å². The number of hydrogen-bond acceptors (Lipinski definition) is 3. The van der Waals surface area contributed by atoms with Gasteiger partial charge in [-0.15, -0.1) is 0 Å². The summed E-state index contributed by atoms with van der Waals surface area (Å²) in [7, 11) is 3.28. The maximum absolute atomic E-state index is 12.0. The highest BCUT2D eigenvalue weighted by Gasteiger charge is 2.23. The van der Waals surface area contributed by atoms with Crippen LogP contribution >= 0.6 is 0 Å². The summed E-state index contributed by atoms with van der Waals surface area (Å²) in [6, 6.07) is 13.9. The molecule has 0 saturated carbocycles. The minimum absolute atomic E-state index is 0.0468. The molecular formula is C18H19NO3. The lowest BCUT2D eigenvalue weighted by molar-refractivity contribution is -0.116. The van der Waals surface area contributed by atoms with Crippen LogP contribution in [0.25, 0.3) is 0 Å². The van der Waals surface area contributed by atoms with Crippen LogP contribution in [-0.2, 0) is 4.79 Å². The number of amides is 1. The van der Waals surface area contributed by atoms with Crippen molar-refractivity contribution in [2.75, 3.05) is 19.5 Å². The third-order valence-corrected chi connectivity index (χ3v) is 4.09. The first kappa shape index (κ1) is 14.4. The normalized spacial score (nSPS) is 17.2. The van der Waals surface area contributed by atoms with Gasteiger partial charge in [0.15, 0.2) is 0 Å². The average molecular weight is 297 g/mol. The van der Waals surface area contributed by atoms with Gasteiger partial charge in [-0.05, 0) is 35.7 Å². The minimum Gasteiger partial charge on any atom is -0.497 e. The Morgan fingerprint density at radius 3 is 2.36 bits per heavy atom. The summed E-state index contributed by atoms with van der Waals surface area (Å²) in [6.45, 7) is 0. The van der Waals surface area contributed by atoms with E-state index in [1.807, 2.05) is 30.3 Å². The molecule has 2 aromatic rings. The van der Waals surface area contributed by atoms with Gasteiger partial charge in [0, 0.05) is 24.1 Å². The molecule has 4 nitrogen and oxygen atoms in total. The van der Waals surface area contributed by atoms with E-state index in [1.165, 1.54) is 5.56 Å². The van der Waals surface area contributed by atoms with Crippen molar-refractivity contribution in [3.8, 4) is 11.5 Å². The molecule has 4 heteroatoms. The number of anilines is 1. The number of hydrogen-bond donors (Lipinski definition) is 1. The van der Waals surface area contributed by atoms with Gasteiger partial charge in [0.25, 0.3) is 0 Å². The van der Waals surface area contributed by atoms with Gasteiger partial charge >= 0.3 is 0 Å². The summed E-state index contributed by atoms with van der Waals surface area (Å²) in [6.07, 6.45) is 1.30.